The standard InChI is InChI=1S/C24H28ClN3O2/c25-22-10-8-20(9-11-22)23(29)28-12-4-7-21(18-28)24(30)27-15-13-26(14-16-27)17-19-5-2-1-3-6-19/h1-3,5-6,8-11,21H,4,7,12-18H2. The number of nitrogens with zero attached hydrogens (tertiary/aromatic N) is 3. The molecule has 0 spiro atoms. The number of carbonyl (C=O) groups excluding carboxylic acids is 2. The number of hydrogen-bond acceptors (Lipinski definition) is 3. The molecule has 2 saturated heterocycles. The number of halogens is 1. The van der Waals surface area contributed by atoms with Crippen LogP contribution in [0.4, 0.5) is 0 Å². The summed E-state index contributed by atoms with van der Waals surface area (Å²) in [5, 5.41) is 0.615. The van der Waals surface area contributed by atoms with E-state index in [2.05, 4.69) is 29.2 Å². The summed E-state index contributed by atoms with van der Waals surface area (Å²) in [6, 6.07) is 17.4. The minimum absolute atomic E-state index is 0.0168. The van der Waals surface area contributed by atoms with Crippen LogP contribution in [0.25, 0.3) is 0 Å². The van der Waals surface area contributed by atoms with Crippen molar-refractivity contribution in [3.05, 3.63) is 70.7 Å². The number of likely N-dealkylation sites (tertiary alicyclic amines) is 1. The molecule has 2 aliphatic rings. The van der Waals surface area contributed by atoms with Crippen molar-refractivity contribution in [1.82, 2.24) is 14.7 Å². The van der Waals surface area contributed by atoms with Gasteiger partial charge in [0.15, 0.2) is 0 Å². The van der Waals surface area contributed by atoms with Crippen LogP contribution in [-0.2, 0) is 11.3 Å². The first kappa shape index (κ1) is 20.9. The van der Waals surface area contributed by atoms with Crippen LogP contribution < -0.4 is 0 Å². The van der Waals surface area contributed by atoms with E-state index >= 15 is 0 Å². The SMILES string of the molecule is O=C(c1ccc(Cl)cc1)N1CCCC(C(=O)N2CCN(Cc3ccccc3)CC2)C1. The highest BCUT2D eigenvalue weighted by Crippen LogP contribution is 2.22. The molecular formula is C24H28ClN3O2. The molecule has 0 saturated carbocycles. The first-order chi connectivity index (χ1) is 14.6. The Morgan fingerprint density at radius 2 is 1.57 bits per heavy atom. The van der Waals surface area contributed by atoms with E-state index in [1.54, 1.807) is 24.3 Å². The van der Waals surface area contributed by atoms with Crippen molar-refractivity contribution in [2.75, 3.05) is 39.3 Å². The average Bonchev–Trinajstić information content (AvgIpc) is 2.80. The normalized spacial score (nSPS) is 20.2. The second-order valence-electron chi connectivity index (χ2n) is 8.18. The molecule has 1 atom stereocenters. The van der Waals surface area contributed by atoms with E-state index in [-0.39, 0.29) is 17.7 Å². The summed E-state index contributed by atoms with van der Waals surface area (Å²) >= 11 is 5.93. The zero-order valence-corrected chi connectivity index (χ0v) is 17.9. The quantitative estimate of drug-likeness (QED) is 0.752. The molecule has 2 aromatic carbocycles. The Morgan fingerprint density at radius 1 is 0.867 bits per heavy atom. The van der Waals surface area contributed by atoms with Gasteiger partial charge in [-0.05, 0) is 42.7 Å². The number of rotatable bonds is 4. The number of piperidine rings is 1. The molecule has 0 aliphatic carbocycles. The zero-order chi connectivity index (χ0) is 20.9. The van der Waals surface area contributed by atoms with Crippen molar-refractivity contribution in [3.8, 4) is 0 Å². The summed E-state index contributed by atoms with van der Waals surface area (Å²) in [7, 11) is 0. The predicted molar refractivity (Wildman–Crippen MR) is 118 cm³/mol. The molecule has 2 heterocycles. The minimum Gasteiger partial charge on any atom is -0.340 e. The lowest BCUT2D eigenvalue weighted by Crippen LogP contribution is -2.52. The van der Waals surface area contributed by atoms with Gasteiger partial charge in [0, 0.05) is 56.4 Å². The Hall–Kier alpha value is -2.37. The molecule has 5 nitrogen and oxygen atoms in total. The van der Waals surface area contributed by atoms with Gasteiger partial charge in [0.05, 0.1) is 5.92 Å². The maximum absolute atomic E-state index is 13.1. The van der Waals surface area contributed by atoms with Crippen LogP contribution in [0.5, 0.6) is 0 Å². The van der Waals surface area contributed by atoms with Gasteiger partial charge in [-0.25, -0.2) is 0 Å². The largest absolute Gasteiger partial charge is 0.340 e. The Kier molecular flexibility index (Phi) is 6.70. The van der Waals surface area contributed by atoms with Gasteiger partial charge >= 0.3 is 0 Å². The molecule has 0 N–H and O–H groups in total. The van der Waals surface area contributed by atoms with Crippen LogP contribution in [0.2, 0.25) is 5.02 Å². The van der Waals surface area contributed by atoms with Crippen molar-refractivity contribution < 1.29 is 9.59 Å². The fraction of sp³-hybridized carbons (Fsp3) is 0.417. The highest BCUT2D eigenvalue weighted by atomic mass is 35.5. The first-order valence-electron chi connectivity index (χ1n) is 10.7. The zero-order valence-electron chi connectivity index (χ0n) is 17.2. The maximum Gasteiger partial charge on any atom is 0.253 e. The van der Waals surface area contributed by atoms with Gasteiger partial charge in [-0.1, -0.05) is 41.9 Å². The summed E-state index contributed by atoms with van der Waals surface area (Å²) in [5.41, 5.74) is 1.93. The molecule has 2 fully saturated rings. The minimum atomic E-state index is -0.101. The fourth-order valence-electron chi connectivity index (χ4n) is 4.36. The molecule has 30 heavy (non-hydrogen) atoms. The molecule has 2 aliphatic heterocycles. The second kappa shape index (κ2) is 9.63. The number of hydrogen-bond donors (Lipinski definition) is 0. The number of carbonyl (C=O) groups is 2. The summed E-state index contributed by atoms with van der Waals surface area (Å²) in [6.45, 7) is 5.43. The van der Waals surface area contributed by atoms with Crippen molar-refractivity contribution >= 4 is 23.4 Å². The molecular weight excluding hydrogens is 398 g/mol. The Morgan fingerprint density at radius 3 is 2.27 bits per heavy atom. The van der Waals surface area contributed by atoms with Crippen molar-refractivity contribution in [2.45, 2.75) is 19.4 Å². The molecule has 158 valence electrons. The number of benzene rings is 2. The second-order valence-corrected chi connectivity index (χ2v) is 8.62. The monoisotopic (exact) mass is 425 g/mol. The van der Waals surface area contributed by atoms with E-state index in [1.165, 1.54) is 5.56 Å². The van der Waals surface area contributed by atoms with Gasteiger partial charge in [0.25, 0.3) is 5.91 Å². The molecule has 2 amide bonds. The van der Waals surface area contributed by atoms with Gasteiger partial charge < -0.3 is 9.80 Å². The van der Waals surface area contributed by atoms with Crippen LogP contribution in [0.3, 0.4) is 0 Å². The molecule has 6 heteroatoms. The van der Waals surface area contributed by atoms with E-state index in [1.807, 2.05) is 15.9 Å². The van der Waals surface area contributed by atoms with Crippen molar-refractivity contribution in [3.63, 3.8) is 0 Å². The highest BCUT2D eigenvalue weighted by molar-refractivity contribution is 6.30. The molecule has 0 bridgehead atoms. The van der Waals surface area contributed by atoms with Crippen LogP contribution in [0.1, 0.15) is 28.8 Å². The molecule has 2 aromatic rings. The van der Waals surface area contributed by atoms with Gasteiger partial charge in [-0.3, -0.25) is 14.5 Å². The van der Waals surface area contributed by atoms with Crippen LogP contribution in [0.15, 0.2) is 54.6 Å². The smallest absolute Gasteiger partial charge is 0.253 e. The number of amides is 2. The van der Waals surface area contributed by atoms with Gasteiger partial charge in [0.1, 0.15) is 0 Å². The highest BCUT2D eigenvalue weighted by Gasteiger charge is 2.32. The van der Waals surface area contributed by atoms with Crippen LogP contribution >= 0.6 is 11.6 Å². The topological polar surface area (TPSA) is 43.9 Å². The Labute approximate surface area is 183 Å². The summed E-state index contributed by atoms with van der Waals surface area (Å²) in [4.78, 5) is 32.2. The van der Waals surface area contributed by atoms with Gasteiger partial charge in [-0.2, -0.15) is 0 Å². The lowest BCUT2D eigenvalue weighted by Gasteiger charge is -2.39. The van der Waals surface area contributed by atoms with Crippen LogP contribution in [0, 0.1) is 5.92 Å². The lowest BCUT2D eigenvalue weighted by atomic mass is 9.95. The first-order valence-corrected chi connectivity index (χ1v) is 11.1. The third kappa shape index (κ3) is 5.02. The summed E-state index contributed by atoms with van der Waals surface area (Å²) in [6.07, 6.45) is 1.72. The van der Waals surface area contributed by atoms with Crippen molar-refractivity contribution in [1.29, 1.82) is 0 Å². The summed E-state index contributed by atoms with van der Waals surface area (Å²) in [5.74, 6) is 0.0792. The predicted octanol–water partition coefficient (Wildman–Crippen LogP) is 3.54. The van der Waals surface area contributed by atoms with Crippen molar-refractivity contribution in [2.24, 2.45) is 5.92 Å². The maximum atomic E-state index is 13.1. The van der Waals surface area contributed by atoms with Gasteiger partial charge in [-0.15, -0.1) is 0 Å². The Balaban J connectivity index is 1.30. The van der Waals surface area contributed by atoms with Gasteiger partial charge in [0.2, 0.25) is 5.91 Å². The fourth-order valence-corrected chi connectivity index (χ4v) is 4.49. The van der Waals surface area contributed by atoms with E-state index < -0.39 is 0 Å². The molecule has 0 aromatic heterocycles. The molecule has 0 radical (unpaired) electrons. The van der Waals surface area contributed by atoms with E-state index in [9.17, 15) is 9.59 Å². The third-order valence-electron chi connectivity index (χ3n) is 6.08. The van der Waals surface area contributed by atoms with E-state index in [0.717, 1.165) is 45.6 Å². The summed E-state index contributed by atoms with van der Waals surface area (Å²) < 4.78 is 0. The molecule has 1 unspecified atom stereocenters. The average molecular weight is 426 g/mol. The van der Waals surface area contributed by atoms with E-state index in [4.69, 9.17) is 11.6 Å². The number of piperazine rings is 1. The third-order valence-corrected chi connectivity index (χ3v) is 6.33. The lowest BCUT2D eigenvalue weighted by molar-refractivity contribution is -0.138. The molecule has 4 rings (SSSR count). The van der Waals surface area contributed by atoms with Crippen LogP contribution in [-0.4, -0.2) is 65.8 Å². The van der Waals surface area contributed by atoms with E-state index in [0.29, 0.717) is 23.7 Å². The Bertz CT molecular complexity index is 864.